The van der Waals surface area contributed by atoms with Crippen LogP contribution in [-0.2, 0) is 5.41 Å². The highest BCUT2D eigenvalue weighted by atomic mass is 32.2. The van der Waals surface area contributed by atoms with Crippen molar-refractivity contribution < 1.29 is 5.11 Å². The number of anilines is 1. The van der Waals surface area contributed by atoms with Crippen LogP contribution in [0.25, 0.3) is 0 Å². The van der Waals surface area contributed by atoms with Crippen molar-refractivity contribution in [3.63, 3.8) is 0 Å². The summed E-state index contributed by atoms with van der Waals surface area (Å²) in [6.45, 7) is 14.7. The number of phenols is 1. The van der Waals surface area contributed by atoms with E-state index in [1.165, 1.54) is 11.3 Å². The van der Waals surface area contributed by atoms with Gasteiger partial charge in [-0.05, 0) is 25.1 Å². The van der Waals surface area contributed by atoms with Gasteiger partial charge >= 0.3 is 0 Å². The second-order valence-corrected chi connectivity index (χ2v) is 12.7. The molecule has 0 radical (unpaired) electrons. The lowest BCUT2D eigenvalue weighted by molar-refractivity contribution is 0.406. The molecule has 8 nitrogen and oxygen atoms in total. The number of hydrogen-bond donors (Lipinski definition) is 2. The highest BCUT2D eigenvalue weighted by molar-refractivity contribution is 8.14. The standard InChI is InChI=1S/C26H33N7OS2/c1-16(18-13-10-11-15-27-18)28-23(29-24-31-30-21(36-24)25(2,3)4)33-20(17-12-8-9-14-19(17)34)35-22(32-33)26(5,6)7/h8-16,20,34H,1-7H3,(H,28,29,31)/t16-,20+/m0/s1. The van der Waals surface area contributed by atoms with E-state index in [2.05, 4.69) is 62.0 Å². The van der Waals surface area contributed by atoms with E-state index in [-0.39, 0.29) is 28.0 Å². The number of hydrogen-bond acceptors (Lipinski definition) is 8. The van der Waals surface area contributed by atoms with E-state index in [0.717, 1.165) is 21.3 Å². The van der Waals surface area contributed by atoms with Crippen molar-refractivity contribution in [3.05, 3.63) is 64.9 Å². The summed E-state index contributed by atoms with van der Waals surface area (Å²) < 4.78 is 0. The van der Waals surface area contributed by atoms with Crippen LogP contribution < -0.4 is 5.32 Å². The number of thioether (sulfide) groups is 1. The number of rotatable bonds is 4. The molecular formula is C26H33N7OS2. The molecule has 10 heteroatoms. The van der Waals surface area contributed by atoms with E-state index in [1.54, 1.807) is 24.0 Å². The Bertz CT molecular complexity index is 1260. The highest BCUT2D eigenvalue weighted by Crippen LogP contribution is 2.47. The molecule has 2 atom stereocenters. The van der Waals surface area contributed by atoms with Crippen LogP contribution in [0.15, 0.2) is 58.8 Å². The van der Waals surface area contributed by atoms with Crippen LogP contribution in [0.1, 0.15) is 76.1 Å². The smallest absolute Gasteiger partial charge is 0.223 e. The van der Waals surface area contributed by atoms with Crippen LogP contribution in [0, 0.1) is 5.41 Å². The molecule has 190 valence electrons. The molecule has 0 unspecified atom stereocenters. The van der Waals surface area contributed by atoms with Gasteiger partial charge in [0.1, 0.15) is 21.2 Å². The average molecular weight is 524 g/mol. The average Bonchev–Trinajstić information content (AvgIpc) is 3.47. The fourth-order valence-electron chi connectivity index (χ4n) is 3.40. The number of para-hydroxylation sites is 1. The molecule has 0 spiro atoms. The zero-order chi connectivity index (χ0) is 26.1. The van der Waals surface area contributed by atoms with Gasteiger partial charge in [-0.15, -0.1) is 10.2 Å². The van der Waals surface area contributed by atoms with Crippen molar-refractivity contribution in [1.29, 1.82) is 0 Å². The third kappa shape index (κ3) is 5.87. The van der Waals surface area contributed by atoms with E-state index in [1.807, 2.05) is 48.3 Å². The Morgan fingerprint density at radius 2 is 1.75 bits per heavy atom. The molecular weight excluding hydrogens is 490 g/mol. The summed E-state index contributed by atoms with van der Waals surface area (Å²) in [4.78, 5) is 9.51. The van der Waals surface area contributed by atoms with Crippen LogP contribution in [0.5, 0.6) is 5.75 Å². The summed E-state index contributed by atoms with van der Waals surface area (Å²) in [7, 11) is 0. The van der Waals surface area contributed by atoms with Gasteiger partial charge in [-0.25, -0.2) is 10.0 Å². The zero-order valence-electron chi connectivity index (χ0n) is 21.7. The molecule has 0 saturated heterocycles. The Morgan fingerprint density at radius 1 is 1.03 bits per heavy atom. The number of benzene rings is 1. The summed E-state index contributed by atoms with van der Waals surface area (Å²) in [5.41, 5.74) is 1.31. The van der Waals surface area contributed by atoms with Crippen LogP contribution in [0.4, 0.5) is 5.13 Å². The first-order valence-electron chi connectivity index (χ1n) is 11.9. The molecule has 2 N–H and O–H groups in total. The van der Waals surface area contributed by atoms with Crippen LogP contribution in [-0.4, -0.2) is 36.3 Å². The maximum Gasteiger partial charge on any atom is 0.223 e. The fourth-order valence-corrected chi connectivity index (χ4v) is 5.47. The maximum atomic E-state index is 10.7. The Balaban J connectivity index is 1.80. The van der Waals surface area contributed by atoms with Gasteiger partial charge in [0.2, 0.25) is 11.1 Å². The van der Waals surface area contributed by atoms with Gasteiger partial charge in [-0.1, -0.05) is 88.9 Å². The number of guanidine groups is 1. The Labute approximate surface area is 221 Å². The van der Waals surface area contributed by atoms with Crippen molar-refractivity contribution in [2.24, 2.45) is 15.5 Å². The molecule has 0 saturated carbocycles. The molecule has 1 aliphatic heterocycles. The van der Waals surface area contributed by atoms with Gasteiger partial charge < -0.3 is 5.11 Å². The SMILES string of the molecule is C[C@H](N=C(Nc1nnc(C(C)(C)C)s1)N1N=C(C(C)(C)C)S[C@@H]1c1ccccc1O)c1ccccn1. The second-order valence-electron chi connectivity index (χ2n) is 10.7. The van der Waals surface area contributed by atoms with E-state index in [4.69, 9.17) is 10.1 Å². The number of aromatic nitrogens is 3. The van der Waals surface area contributed by atoms with Crippen LogP contribution >= 0.6 is 23.1 Å². The summed E-state index contributed by atoms with van der Waals surface area (Å²) in [5, 5.41) is 31.9. The minimum absolute atomic E-state index is 0.116. The maximum absolute atomic E-state index is 10.7. The summed E-state index contributed by atoms with van der Waals surface area (Å²) in [6.07, 6.45) is 1.77. The molecule has 36 heavy (non-hydrogen) atoms. The lowest BCUT2D eigenvalue weighted by Gasteiger charge is -2.25. The number of aliphatic imine (C=N–C) groups is 1. The van der Waals surface area contributed by atoms with Crippen molar-refractivity contribution in [2.75, 3.05) is 5.32 Å². The van der Waals surface area contributed by atoms with Crippen molar-refractivity contribution >= 4 is 39.2 Å². The first-order chi connectivity index (χ1) is 16.9. The first-order valence-corrected chi connectivity index (χ1v) is 13.6. The highest BCUT2D eigenvalue weighted by Gasteiger charge is 2.38. The molecule has 0 aliphatic carbocycles. The minimum Gasteiger partial charge on any atom is -0.508 e. The number of nitrogens with zero attached hydrogens (tertiary/aromatic N) is 6. The van der Waals surface area contributed by atoms with Crippen LogP contribution in [0.2, 0.25) is 0 Å². The third-order valence-electron chi connectivity index (χ3n) is 5.42. The van der Waals surface area contributed by atoms with E-state index >= 15 is 0 Å². The quantitative estimate of drug-likeness (QED) is 0.295. The lowest BCUT2D eigenvalue weighted by atomic mass is 9.98. The van der Waals surface area contributed by atoms with Gasteiger partial charge in [0, 0.05) is 22.6 Å². The molecule has 1 aliphatic rings. The number of nitrogens with one attached hydrogen (secondary N) is 1. The number of hydrazone groups is 1. The Hall–Kier alpha value is -2.98. The Morgan fingerprint density at radius 3 is 2.36 bits per heavy atom. The molecule has 3 heterocycles. The summed E-state index contributed by atoms with van der Waals surface area (Å²) in [6, 6.07) is 12.9. The normalized spacial score (nSPS) is 17.8. The number of pyridine rings is 1. The summed E-state index contributed by atoms with van der Waals surface area (Å²) >= 11 is 3.11. The molecule has 2 aromatic heterocycles. The van der Waals surface area contributed by atoms with Gasteiger partial charge in [-0.3, -0.25) is 10.3 Å². The second kappa shape index (κ2) is 10.2. The van der Waals surface area contributed by atoms with E-state index in [0.29, 0.717) is 11.1 Å². The molecule has 1 aromatic carbocycles. The molecule has 4 rings (SSSR count). The molecule has 0 bridgehead atoms. The molecule has 0 fully saturated rings. The Kier molecular flexibility index (Phi) is 7.38. The topological polar surface area (TPSA) is 98.9 Å². The fraction of sp³-hybridized carbons (Fsp3) is 0.423. The van der Waals surface area contributed by atoms with Crippen molar-refractivity contribution in [1.82, 2.24) is 20.2 Å². The van der Waals surface area contributed by atoms with Gasteiger partial charge in [0.05, 0.1) is 11.7 Å². The third-order valence-corrected chi connectivity index (χ3v) is 8.28. The van der Waals surface area contributed by atoms with Gasteiger partial charge in [-0.2, -0.15) is 5.10 Å². The first kappa shape index (κ1) is 26.1. The summed E-state index contributed by atoms with van der Waals surface area (Å²) in [5.74, 6) is 0.734. The number of phenolic OH excluding ortho intramolecular Hbond substituents is 1. The van der Waals surface area contributed by atoms with E-state index in [9.17, 15) is 5.11 Å². The van der Waals surface area contributed by atoms with Crippen molar-refractivity contribution in [2.45, 2.75) is 65.3 Å². The largest absolute Gasteiger partial charge is 0.508 e. The van der Waals surface area contributed by atoms with E-state index < -0.39 is 0 Å². The zero-order valence-corrected chi connectivity index (χ0v) is 23.4. The predicted molar refractivity (Wildman–Crippen MR) is 149 cm³/mol. The van der Waals surface area contributed by atoms with Gasteiger partial charge in [0.25, 0.3) is 0 Å². The van der Waals surface area contributed by atoms with Gasteiger partial charge in [0.15, 0.2) is 0 Å². The molecule has 3 aromatic rings. The van der Waals surface area contributed by atoms with Crippen LogP contribution in [0.3, 0.4) is 0 Å². The predicted octanol–water partition coefficient (Wildman–Crippen LogP) is 6.57. The lowest BCUT2D eigenvalue weighted by Crippen LogP contribution is -2.33. The number of aromatic hydroxyl groups is 1. The van der Waals surface area contributed by atoms with Crippen molar-refractivity contribution in [3.8, 4) is 5.75 Å². The monoisotopic (exact) mass is 523 g/mol. The molecule has 0 amide bonds. The minimum atomic E-state index is -0.308.